The number of nitrogens with zero attached hydrogens (tertiary/aromatic N) is 1. The molecule has 0 saturated carbocycles. The molecule has 0 spiro atoms. The summed E-state index contributed by atoms with van der Waals surface area (Å²) in [4.78, 5) is 14.1. The Labute approximate surface area is 126 Å². The van der Waals surface area contributed by atoms with Gasteiger partial charge in [0.1, 0.15) is 0 Å². The van der Waals surface area contributed by atoms with Crippen LogP contribution in [0.4, 0.5) is 5.69 Å². The Kier molecular flexibility index (Phi) is 4.63. The summed E-state index contributed by atoms with van der Waals surface area (Å²) in [7, 11) is 1.82. The molecule has 0 aliphatic carbocycles. The van der Waals surface area contributed by atoms with Crippen molar-refractivity contribution in [2.45, 2.75) is 26.8 Å². The lowest BCUT2D eigenvalue weighted by Gasteiger charge is -2.19. The van der Waals surface area contributed by atoms with Crippen LogP contribution in [0.5, 0.6) is 0 Å². The van der Waals surface area contributed by atoms with E-state index < -0.39 is 0 Å². The number of likely N-dealkylation sites (N-methyl/N-ethyl adjacent to an activating group) is 1. The normalized spacial score (nSPS) is 10.4. The van der Waals surface area contributed by atoms with Crippen LogP contribution in [0.1, 0.15) is 22.3 Å². The molecule has 0 heterocycles. The molecule has 2 rings (SSSR count). The van der Waals surface area contributed by atoms with Crippen LogP contribution in [0.3, 0.4) is 0 Å². The van der Waals surface area contributed by atoms with E-state index in [9.17, 15) is 4.79 Å². The van der Waals surface area contributed by atoms with Gasteiger partial charge in [0.05, 0.1) is 6.42 Å². The fraction of sp³-hybridized carbons (Fsp3) is 0.278. The van der Waals surface area contributed by atoms with Crippen molar-refractivity contribution in [3.05, 3.63) is 64.7 Å². The monoisotopic (exact) mass is 282 g/mol. The second-order valence-electron chi connectivity index (χ2n) is 5.56. The molecule has 0 radical (unpaired) electrons. The van der Waals surface area contributed by atoms with Gasteiger partial charge in [0, 0.05) is 19.3 Å². The Hall–Kier alpha value is -2.29. The van der Waals surface area contributed by atoms with Gasteiger partial charge < -0.3 is 10.6 Å². The lowest BCUT2D eigenvalue weighted by atomic mass is 10.0. The highest BCUT2D eigenvalue weighted by Crippen LogP contribution is 2.15. The van der Waals surface area contributed by atoms with Crippen molar-refractivity contribution in [2.75, 3.05) is 12.8 Å². The summed E-state index contributed by atoms with van der Waals surface area (Å²) in [6.07, 6.45) is 0.427. The zero-order valence-corrected chi connectivity index (χ0v) is 12.9. The van der Waals surface area contributed by atoms with Crippen LogP contribution in [0.15, 0.2) is 42.5 Å². The summed E-state index contributed by atoms with van der Waals surface area (Å²) in [6, 6.07) is 13.9. The zero-order valence-electron chi connectivity index (χ0n) is 12.9. The number of para-hydroxylation sites is 1. The first kappa shape index (κ1) is 15.1. The largest absolute Gasteiger partial charge is 0.398 e. The van der Waals surface area contributed by atoms with Gasteiger partial charge in [-0.25, -0.2) is 0 Å². The molecule has 0 aliphatic rings. The maximum Gasteiger partial charge on any atom is 0.227 e. The molecule has 2 N–H and O–H groups in total. The van der Waals surface area contributed by atoms with E-state index in [4.69, 9.17) is 5.73 Å². The first-order valence-corrected chi connectivity index (χ1v) is 7.11. The number of hydrogen-bond acceptors (Lipinski definition) is 2. The fourth-order valence-corrected chi connectivity index (χ4v) is 2.31. The minimum atomic E-state index is 0.104. The Morgan fingerprint density at radius 1 is 1.10 bits per heavy atom. The van der Waals surface area contributed by atoms with Gasteiger partial charge in [0.15, 0.2) is 0 Å². The minimum Gasteiger partial charge on any atom is -0.398 e. The topological polar surface area (TPSA) is 46.3 Å². The molecule has 0 bridgehead atoms. The van der Waals surface area contributed by atoms with Crippen molar-refractivity contribution >= 4 is 11.6 Å². The smallest absolute Gasteiger partial charge is 0.227 e. The zero-order chi connectivity index (χ0) is 15.4. The van der Waals surface area contributed by atoms with E-state index in [1.54, 1.807) is 4.90 Å². The highest BCUT2D eigenvalue weighted by molar-refractivity contribution is 5.79. The van der Waals surface area contributed by atoms with E-state index in [0.717, 1.165) is 22.4 Å². The lowest BCUT2D eigenvalue weighted by Crippen LogP contribution is -2.28. The molecule has 0 aliphatic heterocycles. The third kappa shape index (κ3) is 3.85. The Balaban J connectivity index is 2.06. The highest BCUT2D eigenvalue weighted by Gasteiger charge is 2.12. The van der Waals surface area contributed by atoms with E-state index >= 15 is 0 Å². The molecule has 0 saturated heterocycles. The average Bonchev–Trinajstić information content (AvgIpc) is 2.45. The molecule has 0 fully saturated rings. The Morgan fingerprint density at radius 2 is 1.81 bits per heavy atom. The van der Waals surface area contributed by atoms with Gasteiger partial charge in [-0.15, -0.1) is 0 Å². The molecule has 3 nitrogen and oxygen atoms in total. The molecule has 0 unspecified atom stereocenters. The van der Waals surface area contributed by atoms with Crippen LogP contribution in [0, 0.1) is 13.8 Å². The molecular formula is C18H22N2O. The van der Waals surface area contributed by atoms with Gasteiger partial charge in [-0.3, -0.25) is 4.79 Å². The number of anilines is 1. The van der Waals surface area contributed by atoms with Gasteiger partial charge in [-0.1, -0.05) is 42.0 Å². The van der Waals surface area contributed by atoms with Crippen LogP contribution < -0.4 is 5.73 Å². The van der Waals surface area contributed by atoms with E-state index in [2.05, 4.69) is 18.2 Å². The lowest BCUT2D eigenvalue weighted by molar-refractivity contribution is -0.129. The van der Waals surface area contributed by atoms with E-state index in [0.29, 0.717) is 13.0 Å². The highest BCUT2D eigenvalue weighted by atomic mass is 16.2. The van der Waals surface area contributed by atoms with Crippen LogP contribution in [0.2, 0.25) is 0 Å². The van der Waals surface area contributed by atoms with Crippen molar-refractivity contribution < 1.29 is 4.79 Å². The van der Waals surface area contributed by atoms with E-state index in [1.165, 1.54) is 5.56 Å². The third-order valence-corrected chi connectivity index (χ3v) is 3.73. The van der Waals surface area contributed by atoms with Crippen LogP contribution in [-0.4, -0.2) is 17.9 Å². The van der Waals surface area contributed by atoms with E-state index in [-0.39, 0.29) is 5.91 Å². The van der Waals surface area contributed by atoms with Crippen molar-refractivity contribution in [1.82, 2.24) is 4.90 Å². The molecule has 1 amide bonds. The van der Waals surface area contributed by atoms with Gasteiger partial charge in [0.2, 0.25) is 5.91 Å². The van der Waals surface area contributed by atoms with E-state index in [1.807, 2.05) is 45.2 Å². The summed E-state index contributed by atoms with van der Waals surface area (Å²) in [5, 5.41) is 0. The number of carbonyl (C=O) groups is 1. The fourth-order valence-electron chi connectivity index (χ4n) is 2.31. The predicted molar refractivity (Wildman–Crippen MR) is 86.9 cm³/mol. The molecule has 0 aromatic heterocycles. The summed E-state index contributed by atoms with van der Waals surface area (Å²) in [6.45, 7) is 4.62. The van der Waals surface area contributed by atoms with Crippen molar-refractivity contribution in [3.8, 4) is 0 Å². The van der Waals surface area contributed by atoms with Gasteiger partial charge >= 0.3 is 0 Å². The molecule has 21 heavy (non-hydrogen) atoms. The number of aryl methyl sites for hydroxylation is 2. The van der Waals surface area contributed by atoms with Crippen LogP contribution >= 0.6 is 0 Å². The maximum absolute atomic E-state index is 12.4. The van der Waals surface area contributed by atoms with Gasteiger partial charge in [-0.05, 0) is 36.6 Å². The number of amides is 1. The van der Waals surface area contributed by atoms with Crippen LogP contribution in [-0.2, 0) is 17.8 Å². The number of benzene rings is 2. The Bertz CT molecular complexity index is 649. The summed E-state index contributed by atoms with van der Waals surface area (Å²) in [5.41, 5.74) is 11.1. The molecule has 2 aromatic rings. The number of carbonyl (C=O) groups excluding carboxylic acids is 1. The average molecular weight is 282 g/mol. The Morgan fingerprint density at radius 3 is 2.52 bits per heavy atom. The molecule has 0 atom stereocenters. The standard InChI is InChI=1S/C18H22N2O/c1-13-8-9-14(2)16(10-13)11-18(21)20(3)12-15-6-4-5-7-17(15)19/h4-10H,11-12,19H2,1-3H3. The number of nitrogen functional groups attached to an aromatic ring is 1. The summed E-state index contributed by atoms with van der Waals surface area (Å²) in [5.74, 6) is 0.104. The third-order valence-electron chi connectivity index (χ3n) is 3.73. The summed E-state index contributed by atoms with van der Waals surface area (Å²) >= 11 is 0. The molecular weight excluding hydrogens is 260 g/mol. The first-order valence-electron chi connectivity index (χ1n) is 7.11. The van der Waals surface area contributed by atoms with Gasteiger partial charge in [-0.2, -0.15) is 0 Å². The quantitative estimate of drug-likeness (QED) is 0.876. The van der Waals surface area contributed by atoms with Crippen LogP contribution in [0.25, 0.3) is 0 Å². The maximum atomic E-state index is 12.4. The SMILES string of the molecule is Cc1ccc(C)c(CC(=O)N(C)Cc2ccccc2N)c1. The molecule has 3 heteroatoms. The van der Waals surface area contributed by atoms with Crippen molar-refractivity contribution in [1.29, 1.82) is 0 Å². The number of hydrogen-bond donors (Lipinski definition) is 1. The first-order chi connectivity index (χ1) is 9.97. The molecule has 2 aromatic carbocycles. The number of rotatable bonds is 4. The molecule has 110 valence electrons. The van der Waals surface area contributed by atoms with Crippen molar-refractivity contribution in [2.24, 2.45) is 0 Å². The predicted octanol–water partition coefficient (Wildman–Crippen LogP) is 3.09. The minimum absolute atomic E-state index is 0.104. The summed E-state index contributed by atoms with van der Waals surface area (Å²) < 4.78 is 0. The van der Waals surface area contributed by atoms with Crippen molar-refractivity contribution in [3.63, 3.8) is 0 Å². The second-order valence-corrected chi connectivity index (χ2v) is 5.56. The second kappa shape index (κ2) is 6.44. The number of nitrogens with two attached hydrogens (primary N) is 1. The van der Waals surface area contributed by atoms with Gasteiger partial charge in [0.25, 0.3) is 0 Å².